The highest BCUT2D eigenvalue weighted by Gasteiger charge is 2.08. The standard InChI is InChI=1S/C13H16BrF2NO2/c1-2-10(14)7-8-17-12(18)9-3-5-11(6-4-9)19-13(15)16/h3-6,10,13H,2,7-8H2,1H3,(H,17,18). The number of nitrogens with one attached hydrogen (secondary N) is 1. The van der Waals surface area contributed by atoms with E-state index >= 15 is 0 Å². The highest BCUT2D eigenvalue weighted by molar-refractivity contribution is 9.09. The number of carbonyl (C=O) groups excluding carboxylic acids is 1. The largest absolute Gasteiger partial charge is 0.435 e. The van der Waals surface area contributed by atoms with E-state index in [9.17, 15) is 13.6 Å². The second kappa shape index (κ2) is 8.09. The molecular weight excluding hydrogens is 320 g/mol. The van der Waals surface area contributed by atoms with Gasteiger partial charge in [-0.3, -0.25) is 4.79 Å². The molecule has 0 aliphatic heterocycles. The minimum atomic E-state index is -2.86. The molecule has 106 valence electrons. The van der Waals surface area contributed by atoms with Crippen molar-refractivity contribution in [1.82, 2.24) is 5.32 Å². The number of benzene rings is 1. The van der Waals surface area contributed by atoms with Crippen LogP contribution in [0.4, 0.5) is 8.78 Å². The Morgan fingerprint density at radius 3 is 2.53 bits per heavy atom. The number of ether oxygens (including phenoxy) is 1. The summed E-state index contributed by atoms with van der Waals surface area (Å²) in [6.45, 7) is -0.231. The topological polar surface area (TPSA) is 38.3 Å². The van der Waals surface area contributed by atoms with Crippen molar-refractivity contribution in [3.05, 3.63) is 29.8 Å². The van der Waals surface area contributed by atoms with Crippen LogP contribution in [0, 0.1) is 0 Å². The van der Waals surface area contributed by atoms with Gasteiger partial charge in [0.2, 0.25) is 0 Å². The first-order chi connectivity index (χ1) is 9.02. The zero-order valence-corrected chi connectivity index (χ0v) is 12.1. The molecule has 1 N–H and O–H groups in total. The quantitative estimate of drug-likeness (QED) is 0.773. The fourth-order valence-corrected chi connectivity index (χ4v) is 1.67. The molecule has 1 aromatic carbocycles. The van der Waals surface area contributed by atoms with E-state index in [0.717, 1.165) is 12.8 Å². The Morgan fingerprint density at radius 2 is 2.00 bits per heavy atom. The highest BCUT2D eigenvalue weighted by Crippen LogP contribution is 2.15. The summed E-state index contributed by atoms with van der Waals surface area (Å²) < 4.78 is 28.1. The first-order valence-corrected chi connectivity index (χ1v) is 6.91. The third-order valence-corrected chi connectivity index (χ3v) is 3.63. The van der Waals surface area contributed by atoms with Gasteiger partial charge < -0.3 is 10.1 Å². The van der Waals surface area contributed by atoms with Gasteiger partial charge in [0.25, 0.3) is 5.91 Å². The lowest BCUT2D eigenvalue weighted by Crippen LogP contribution is -2.25. The predicted octanol–water partition coefficient (Wildman–Crippen LogP) is 3.58. The third-order valence-electron chi connectivity index (χ3n) is 2.53. The van der Waals surface area contributed by atoms with Crippen LogP contribution in [0.5, 0.6) is 5.75 Å². The van der Waals surface area contributed by atoms with Crippen LogP contribution in [0.15, 0.2) is 24.3 Å². The van der Waals surface area contributed by atoms with E-state index in [2.05, 4.69) is 32.9 Å². The summed E-state index contributed by atoms with van der Waals surface area (Å²) in [4.78, 5) is 12.1. The molecule has 0 radical (unpaired) electrons. The lowest BCUT2D eigenvalue weighted by molar-refractivity contribution is -0.0498. The second-order valence-corrected chi connectivity index (χ2v) is 5.25. The van der Waals surface area contributed by atoms with Gasteiger partial charge in [0.1, 0.15) is 5.75 Å². The SMILES string of the molecule is CCC(Br)CCNC(=O)c1ccc(OC(F)F)cc1. The van der Waals surface area contributed by atoms with Gasteiger partial charge in [-0.05, 0) is 37.1 Å². The molecule has 6 heteroatoms. The summed E-state index contributed by atoms with van der Waals surface area (Å²) in [5, 5.41) is 2.77. The Hall–Kier alpha value is -1.17. The number of hydrogen-bond donors (Lipinski definition) is 1. The Balaban J connectivity index is 2.44. The molecule has 19 heavy (non-hydrogen) atoms. The van der Waals surface area contributed by atoms with Gasteiger partial charge in [0.05, 0.1) is 0 Å². The lowest BCUT2D eigenvalue weighted by atomic mass is 10.2. The van der Waals surface area contributed by atoms with Crippen LogP contribution in [-0.4, -0.2) is 23.9 Å². The Kier molecular flexibility index (Phi) is 6.77. The maximum atomic E-state index is 11.9. The van der Waals surface area contributed by atoms with Gasteiger partial charge in [0.15, 0.2) is 0 Å². The molecule has 3 nitrogen and oxygen atoms in total. The van der Waals surface area contributed by atoms with Crippen molar-refractivity contribution in [3.63, 3.8) is 0 Å². The molecular formula is C13H16BrF2NO2. The smallest absolute Gasteiger partial charge is 0.387 e. The van der Waals surface area contributed by atoms with E-state index in [1.165, 1.54) is 24.3 Å². The molecule has 1 amide bonds. The van der Waals surface area contributed by atoms with Crippen LogP contribution >= 0.6 is 15.9 Å². The van der Waals surface area contributed by atoms with Gasteiger partial charge in [-0.2, -0.15) is 8.78 Å². The molecule has 0 fully saturated rings. The molecule has 0 aliphatic rings. The first-order valence-electron chi connectivity index (χ1n) is 6.00. The maximum absolute atomic E-state index is 11.9. The van der Waals surface area contributed by atoms with Crippen LogP contribution < -0.4 is 10.1 Å². The molecule has 0 bridgehead atoms. The van der Waals surface area contributed by atoms with Crippen LogP contribution in [0.2, 0.25) is 0 Å². The Morgan fingerprint density at radius 1 is 1.37 bits per heavy atom. The van der Waals surface area contributed by atoms with Crippen LogP contribution in [0.1, 0.15) is 30.1 Å². The van der Waals surface area contributed by atoms with Crippen molar-refractivity contribution in [1.29, 1.82) is 0 Å². The zero-order valence-electron chi connectivity index (χ0n) is 10.5. The summed E-state index contributed by atoms with van der Waals surface area (Å²) in [5.74, 6) is -0.183. The maximum Gasteiger partial charge on any atom is 0.387 e. The molecule has 0 saturated carbocycles. The van der Waals surface area contributed by atoms with E-state index in [0.29, 0.717) is 16.9 Å². The number of carbonyl (C=O) groups is 1. The van der Waals surface area contributed by atoms with Crippen molar-refractivity contribution in [2.45, 2.75) is 31.2 Å². The van der Waals surface area contributed by atoms with Crippen molar-refractivity contribution < 1.29 is 18.3 Å². The number of halogens is 3. The summed E-state index contributed by atoms with van der Waals surface area (Å²) in [6.07, 6.45) is 1.84. The predicted molar refractivity (Wildman–Crippen MR) is 73.0 cm³/mol. The summed E-state index contributed by atoms with van der Waals surface area (Å²) in [7, 11) is 0. The Bertz CT molecular complexity index is 398. The molecule has 0 saturated heterocycles. The fourth-order valence-electron chi connectivity index (χ4n) is 1.44. The summed E-state index contributed by atoms with van der Waals surface area (Å²) in [5.41, 5.74) is 0.421. The third kappa shape index (κ3) is 6.00. The zero-order chi connectivity index (χ0) is 14.3. The molecule has 1 unspecified atom stereocenters. The molecule has 0 aliphatic carbocycles. The summed E-state index contributed by atoms with van der Waals surface area (Å²) >= 11 is 3.48. The molecule has 0 aromatic heterocycles. The van der Waals surface area contributed by atoms with Gasteiger partial charge in [-0.25, -0.2) is 0 Å². The van der Waals surface area contributed by atoms with Crippen molar-refractivity contribution in [2.75, 3.05) is 6.54 Å². The van der Waals surface area contributed by atoms with Crippen molar-refractivity contribution >= 4 is 21.8 Å². The molecule has 1 atom stereocenters. The molecule has 1 aromatic rings. The van der Waals surface area contributed by atoms with Gasteiger partial charge in [-0.15, -0.1) is 0 Å². The minimum Gasteiger partial charge on any atom is -0.435 e. The number of amides is 1. The van der Waals surface area contributed by atoms with Crippen molar-refractivity contribution in [2.24, 2.45) is 0 Å². The molecule has 1 rings (SSSR count). The van der Waals surface area contributed by atoms with E-state index in [-0.39, 0.29) is 11.7 Å². The number of hydrogen-bond acceptors (Lipinski definition) is 2. The minimum absolute atomic E-state index is 0.0399. The van der Waals surface area contributed by atoms with E-state index in [4.69, 9.17) is 0 Å². The monoisotopic (exact) mass is 335 g/mol. The second-order valence-electron chi connectivity index (χ2n) is 3.95. The number of alkyl halides is 3. The summed E-state index contributed by atoms with van der Waals surface area (Å²) in [6, 6.07) is 5.61. The van der Waals surface area contributed by atoms with Crippen LogP contribution in [-0.2, 0) is 0 Å². The van der Waals surface area contributed by atoms with E-state index in [1.807, 2.05) is 0 Å². The fraction of sp³-hybridized carbons (Fsp3) is 0.462. The Labute approximate surface area is 119 Å². The highest BCUT2D eigenvalue weighted by atomic mass is 79.9. The molecule has 0 spiro atoms. The first kappa shape index (κ1) is 15.9. The van der Waals surface area contributed by atoms with E-state index < -0.39 is 6.61 Å². The van der Waals surface area contributed by atoms with Crippen LogP contribution in [0.25, 0.3) is 0 Å². The van der Waals surface area contributed by atoms with Gasteiger partial charge in [0, 0.05) is 16.9 Å². The van der Waals surface area contributed by atoms with Crippen LogP contribution in [0.3, 0.4) is 0 Å². The van der Waals surface area contributed by atoms with E-state index in [1.54, 1.807) is 0 Å². The van der Waals surface area contributed by atoms with Gasteiger partial charge >= 0.3 is 6.61 Å². The average molecular weight is 336 g/mol. The van der Waals surface area contributed by atoms with Gasteiger partial charge in [-0.1, -0.05) is 22.9 Å². The molecule has 0 heterocycles. The van der Waals surface area contributed by atoms with Crippen molar-refractivity contribution in [3.8, 4) is 5.75 Å². The lowest BCUT2D eigenvalue weighted by Gasteiger charge is -2.09. The number of rotatable bonds is 7. The normalized spacial score (nSPS) is 12.3. The average Bonchev–Trinajstić information content (AvgIpc) is 2.38.